The average molecular weight is 533 g/mol. The van der Waals surface area contributed by atoms with Crippen molar-refractivity contribution in [3.63, 3.8) is 0 Å². The summed E-state index contributed by atoms with van der Waals surface area (Å²) < 4.78 is 3.65. The van der Waals surface area contributed by atoms with Gasteiger partial charge in [0.25, 0.3) is 0 Å². The van der Waals surface area contributed by atoms with Crippen molar-refractivity contribution in [2.75, 3.05) is 0 Å². The average Bonchev–Trinajstić information content (AvgIpc) is 3.12. The minimum Gasteiger partial charge on any atom is -0.306 e. The Kier molecular flexibility index (Phi) is 7.15. The second kappa shape index (κ2) is 10.2. The topological polar surface area (TPSA) is 50.8 Å². The number of carbonyl (C=O) groups is 1. The molecule has 4 nitrogen and oxygen atoms in total. The van der Waals surface area contributed by atoms with Crippen LogP contribution in [0, 0.1) is 5.41 Å². The molecule has 1 N–H and O–H groups in total. The first kappa shape index (κ1) is 23.7. The maximum Gasteiger partial charge on any atom is 0.203 e. The van der Waals surface area contributed by atoms with Crippen molar-refractivity contribution in [3.05, 3.63) is 125 Å². The van der Waals surface area contributed by atoms with E-state index in [4.69, 9.17) is 17.0 Å². The van der Waals surface area contributed by atoms with E-state index in [0.717, 1.165) is 27.7 Å². The lowest BCUT2D eigenvalue weighted by Crippen LogP contribution is -2.27. The predicted octanol–water partition coefficient (Wildman–Crippen LogP) is 6.75. The fourth-order valence-electron chi connectivity index (χ4n) is 4.13. The Morgan fingerprint density at radius 2 is 1.26 bits per heavy atom. The predicted molar refractivity (Wildman–Crippen MR) is 143 cm³/mol. The number of imidazole rings is 1. The number of fused-ring (bicyclic) bond motifs is 1. The number of hydrogen-bond acceptors (Lipinski definition) is 2. The molecule has 0 aliphatic carbocycles. The molecule has 4 aromatic carbocycles. The second-order valence-electron chi connectivity index (χ2n) is 7.94. The van der Waals surface area contributed by atoms with Crippen LogP contribution in [-0.4, -0.2) is 14.9 Å². The molecule has 0 saturated heterocycles. The molecule has 5 aromatic rings. The third kappa shape index (κ3) is 4.63. The number of para-hydroxylation sites is 2. The van der Waals surface area contributed by atoms with Gasteiger partial charge in [-0.05, 0) is 34.9 Å². The molecule has 1 aromatic heterocycles. The summed E-state index contributed by atoms with van der Waals surface area (Å²) in [5, 5.41) is 9.49. The molecule has 0 spiro atoms. The highest BCUT2D eigenvalue weighted by atomic mass is 79.9. The number of nitrogens with one attached hydrogen (secondary N) is 1. The molecule has 0 saturated carbocycles. The van der Waals surface area contributed by atoms with Crippen molar-refractivity contribution in [2.45, 2.75) is 13.1 Å². The largest absolute Gasteiger partial charge is 0.306 e. The number of aromatic nitrogens is 2. The quantitative estimate of drug-likeness (QED) is 0.242. The maximum absolute atomic E-state index is 13.1. The van der Waals surface area contributed by atoms with Crippen molar-refractivity contribution in [1.29, 1.82) is 5.41 Å². The zero-order valence-corrected chi connectivity index (χ0v) is 20.8. The lowest BCUT2D eigenvalue weighted by atomic mass is 10.0. The number of rotatable bonds is 6. The molecule has 1 heterocycles. The summed E-state index contributed by atoms with van der Waals surface area (Å²) >= 11 is 6.37. The van der Waals surface area contributed by atoms with Crippen LogP contribution in [0.5, 0.6) is 0 Å². The summed E-state index contributed by atoms with van der Waals surface area (Å²) in [6.07, 6.45) is 0. The van der Waals surface area contributed by atoms with Gasteiger partial charge < -0.3 is 9.13 Å². The van der Waals surface area contributed by atoms with Gasteiger partial charge in [0.15, 0.2) is 5.78 Å². The van der Waals surface area contributed by atoms with E-state index in [1.54, 1.807) is 4.57 Å². The van der Waals surface area contributed by atoms with Gasteiger partial charge in [0.1, 0.15) is 0 Å². The van der Waals surface area contributed by atoms with Gasteiger partial charge in [-0.1, -0.05) is 96.5 Å². The van der Waals surface area contributed by atoms with Crippen LogP contribution in [-0.2, 0) is 13.1 Å². The minimum absolute atomic E-state index is 0. The number of halogens is 2. The Labute approximate surface area is 213 Å². The summed E-state index contributed by atoms with van der Waals surface area (Å²) in [4.78, 5) is 13.1. The lowest BCUT2D eigenvalue weighted by molar-refractivity contribution is 0.0971. The molecule has 34 heavy (non-hydrogen) atoms. The summed E-state index contributed by atoms with van der Waals surface area (Å²) in [5.74, 6) is -0.0336. The third-order valence-electron chi connectivity index (χ3n) is 5.88. The van der Waals surface area contributed by atoms with Crippen LogP contribution in [0.4, 0.5) is 0 Å². The standard InChI is InChI=1S/C28H22ClN3O.BrH/c29-24-11-5-4-10-23(24)18-31-25-12-6-7-13-26(25)32(28(31)30)19-27(33)22-16-14-21(15-17-22)20-8-2-1-3-9-20;/h1-17,30H,18-19H2;1H. The van der Waals surface area contributed by atoms with Crippen molar-refractivity contribution < 1.29 is 4.79 Å². The summed E-state index contributed by atoms with van der Waals surface area (Å²) in [5.41, 5.74) is 5.76. The van der Waals surface area contributed by atoms with E-state index in [2.05, 4.69) is 0 Å². The monoisotopic (exact) mass is 531 g/mol. The van der Waals surface area contributed by atoms with Gasteiger partial charge in [0.2, 0.25) is 5.62 Å². The molecular weight excluding hydrogens is 510 g/mol. The fourth-order valence-corrected chi connectivity index (χ4v) is 4.32. The molecular formula is C28H23BrClN3O. The van der Waals surface area contributed by atoms with Gasteiger partial charge in [-0.2, -0.15) is 0 Å². The van der Waals surface area contributed by atoms with Crippen molar-refractivity contribution in [2.24, 2.45) is 0 Å². The molecule has 0 radical (unpaired) electrons. The van der Waals surface area contributed by atoms with Gasteiger partial charge in [0.05, 0.1) is 24.1 Å². The summed E-state index contributed by atoms with van der Waals surface area (Å²) in [6, 6.07) is 33.2. The SMILES string of the molecule is Br.N=c1n(CC(=O)c2ccc(-c3ccccc3)cc2)c2ccccc2n1Cc1ccccc1Cl. The molecule has 0 bridgehead atoms. The molecule has 0 unspecified atom stereocenters. The highest BCUT2D eigenvalue weighted by Crippen LogP contribution is 2.21. The molecule has 170 valence electrons. The molecule has 0 aliphatic heterocycles. The van der Waals surface area contributed by atoms with Gasteiger partial charge in [-0.15, -0.1) is 17.0 Å². The molecule has 0 amide bonds. The van der Waals surface area contributed by atoms with E-state index in [1.807, 2.05) is 108 Å². The van der Waals surface area contributed by atoms with Gasteiger partial charge >= 0.3 is 0 Å². The van der Waals surface area contributed by atoms with E-state index in [1.165, 1.54) is 0 Å². The normalized spacial score (nSPS) is 10.7. The fraction of sp³-hybridized carbons (Fsp3) is 0.0714. The zero-order chi connectivity index (χ0) is 22.8. The van der Waals surface area contributed by atoms with Crippen molar-refractivity contribution in [3.8, 4) is 11.1 Å². The van der Waals surface area contributed by atoms with E-state index < -0.39 is 0 Å². The minimum atomic E-state index is -0.0336. The van der Waals surface area contributed by atoms with Gasteiger partial charge in [-0.3, -0.25) is 10.2 Å². The smallest absolute Gasteiger partial charge is 0.203 e. The van der Waals surface area contributed by atoms with Crippen LogP contribution >= 0.6 is 28.6 Å². The maximum atomic E-state index is 13.1. The number of ketones is 1. The number of hydrogen-bond donors (Lipinski definition) is 1. The summed E-state index contributed by atoms with van der Waals surface area (Å²) in [6.45, 7) is 0.561. The molecule has 0 atom stereocenters. The van der Waals surface area contributed by atoms with Gasteiger partial charge in [0, 0.05) is 10.6 Å². The first-order valence-corrected chi connectivity index (χ1v) is 11.1. The Bertz CT molecular complexity index is 1500. The Morgan fingerprint density at radius 1 is 0.706 bits per heavy atom. The van der Waals surface area contributed by atoms with Crippen LogP contribution < -0.4 is 5.62 Å². The van der Waals surface area contributed by atoms with Crippen LogP contribution in [0.2, 0.25) is 5.02 Å². The van der Waals surface area contributed by atoms with Crippen LogP contribution in [0.25, 0.3) is 22.2 Å². The van der Waals surface area contributed by atoms with Crippen molar-refractivity contribution in [1.82, 2.24) is 9.13 Å². The molecule has 5 rings (SSSR count). The van der Waals surface area contributed by atoms with Crippen molar-refractivity contribution >= 4 is 45.4 Å². The van der Waals surface area contributed by atoms with E-state index >= 15 is 0 Å². The van der Waals surface area contributed by atoms with Gasteiger partial charge in [-0.25, -0.2) is 0 Å². The number of nitrogens with zero attached hydrogens (tertiary/aromatic N) is 2. The molecule has 0 aliphatic rings. The van der Waals surface area contributed by atoms with Crippen LogP contribution in [0.3, 0.4) is 0 Å². The van der Waals surface area contributed by atoms with E-state index in [-0.39, 0.29) is 34.9 Å². The highest BCUT2D eigenvalue weighted by molar-refractivity contribution is 8.93. The Hall–Kier alpha value is -3.41. The second-order valence-corrected chi connectivity index (χ2v) is 8.35. The number of Topliss-reactive ketones (excluding diaryl/α,β-unsaturated/α-hetero) is 1. The summed E-state index contributed by atoms with van der Waals surface area (Å²) in [7, 11) is 0. The Morgan fingerprint density at radius 3 is 1.94 bits per heavy atom. The third-order valence-corrected chi connectivity index (χ3v) is 6.25. The van der Waals surface area contributed by atoms with E-state index in [0.29, 0.717) is 17.1 Å². The first-order valence-electron chi connectivity index (χ1n) is 10.8. The first-order chi connectivity index (χ1) is 16.1. The number of benzene rings is 4. The highest BCUT2D eigenvalue weighted by Gasteiger charge is 2.15. The lowest BCUT2D eigenvalue weighted by Gasteiger charge is -2.07. The zero-order valence-electron chi connectivity index (χ0n) is 18.3. The molecule has 6 heteroatoms. The molecule has 0 fully saturated rings. The van der Waals surface area contributed by atoms with E-state index in [9.17, 15) is 4.79 Å². The number of carbonyl (C=O) groups excluding carboxylic acids is 1. The Balaban J connectivity index is 0.00000274. The van der Waals surface area contributed by atoms with Crippen LogP contribution in [0.15, 0.2) is 103 Å². The van der Waals surface area contributed by atoms with Crippen LogP contribution in [0.1, 0.15) is 15.9 Å².